The molecular formula is C27H33N3O3. The van der Waals surface area contributed by atoms with Gasteiger partial charge < -0.3 is 15.0 Å². The summed E-state index contributed by atoms with van der Waals surface area (Å²) < 4.78 is 6.00. The normalized spacial score (nSPS) is 24.8. The van der Waals surface area contributed by atoms with Crippen molar-refractivity contribution >= 4 is 28.9 Å². The quantitative estimate of drug-likeness (QED) is 0.671. The van der Waals surface area contributed by atoms with Crippen LogP contribution in [-0.2, 0) is 20.9 Å². The summed E-state index contributed by atoms with van der Waals surface area (Å²) in [5.41, 5.74) is 3.95. The molecule has 1 unspecified atom stereocenters. The van der Waals surface area contributed by atoms with E-state index in [-0.39, 0.29) is 30.0 Å². The molecule has 1 aromatic carbocycles. The molecule has 3 aliphatic rings. The van der Waals surface area contributed by atoms with Crippen molar-refractivity contribution in [3.8, 4) is 0 Å². The van der Waals surface area contributed by atoms with E-state index < -0.39 is 0 Å². The first-order chi connectivity index (χ1) is 16.0. The molecule has 0 bridgehead atoms. The maximum atomic E-state index is 13.9. The minimum atomic E-state index is -0.000187. The molecule has 0 radical (unpaired) electrons. The van der Waals surface area contributed by atoms with Crippen molar-refractivity contribution in [2.75, 3.05) is 10.2 Å². The van der Waals surface area contributed by atoms with Crippen LogP contribution in [-0.4, -0.2) is 28.9 Å². The molecule has 2 aliphatic carbocycles. The van der Waals surface area contributed by atoms with E-state index in [0.717, 1.165) is 60.4 Å². The Morgan fingerprint density at radius 2 is 1.97 bits per heavy atom. The Morgan fingerprint density at radius 1 is 1.15 bits per heavy atom. The van der Waals surface area contributed by atoms with Crippen LogP contribution in [0.1, 0.15) is 75.8 Å². The number of anilines is 3. The van der Waals surface area contributed by atoms with Crippen LogP contribution in [0.5, 0.6) is 0 Å². The lowest BCUT2D eigenvalue weighted by atomic mass is 9.86. The number of nitrogens with zero attached hydrogens (tertiary/aromatic N) is 2. The number of amides is 1. The van der Waals surface area contributed by atoms with E-state index in [1.54, 1.807) is 6.20 Å². The molecule has 0 saturated heterocycles. The zero-order valence-corrected chi connectivity index (χ0v) is 19.5. The number of hydrogen-bond acceptors (Lipinski definition) is 5. The number of carbonyl (C=O) groups is 2. The number of pyridine rings is 1. The lowest BCUT2D eigenvalue weighted by Crippen LogP contribution is -2.38. The van der Waals surface area contributed by atoms with Crippen LogP contribution < -0.4 is 10.2 Å². The summed E-state index contributed by atoms with van der Waals surface area (Å²) in [7, 11) is 0. The van der Waals surface area contributed by atoms with Crippen LogP contribution in [0, 0.1) is 5.92 Å². The van der Waals surface area contributed by atoms with Gasteiger partial charge in [0.05, 0.1) is 30.1 Å². The number of Topliss-reactive ketones (excluding diaryl/α,β-unsaturated/α-hetero) is 1. The number of ether oxygens (including phenoxy) is 1. The van der Waals surface area contributed by atoms with E-state index in [4.69, 9.17) is 4.74 Å². The minimum absolute atomic E-state index is 0.000187. The molecule has 2 saturated carbocycles. The van der Waals surface area contributed by atoms with Gasteiger partial charge in [-0.05, 0) is 75.6 Å². The summed E-state index contributed by atoms with van der Waals surface area (Å²) in [6.07, 6.45) is 7.95. The van der Waals surface area contributed by atoms with Crippen LogP contribution in [0.15, 0.2) is 36.5 Å². The standard InChI is InChI=1S/C27H33N3O3/c1-17(2)33-23-10-6-18(7-11-23)27(32)30-16-21-4-3-13-28-26(21)29-24-12-8-20(15-25(24)30)19-5-9-22(31)14-19/h3-4,8,12-13,15,17-19,23H,5-7,9-11,14,16H2,1-2H3,(H,28,29)/t18-,19?,23-. The minimum Gasteiger partial charge on any atom is -0.376 e. The molecular weight excluding hydrogens is 414 g/mol. The highest BCUT2D eigenvalue weighted by molar-refractivity contribution is 5.99. The van der Waals surface area contributed by atoms with Crippen molar-refractivity contribution in [3.63, 3.8) is 0 Å². The maximum Gasteiger partial charge on any atom is 0.230 e. The largest absolute Gasteiger partial charge is 0.376 e. The fourth-order valence-corrected chi connectivity index (χ4v) is 5.54. The molecule has 1 aliphatic heterocycles. The Morgan fingerprint density at radius 3 is 2.70 bits per heavy atom. The predicted molar refractivity (Wildman–Crippen MR) is 129 cm³/mol. The van der Waals surface area contributed by atoms with Gasteiger partial charge in [0.25, 0.3) is 0 Å². The van der Waals surface area contributed by atoms with Crippen molar-refractivity contribution in [2.24, 2.45) is 5.92 Å². The topological polar surface area (TPSA) is 71.5 Å². The molecule has 2 fully saturated rings. The monoisotopic (exact) mass is 447 g/mol. The number of nitrogens with one attached hydrogen (secondary N) is 1. The van der Waals surface area contributed by atoms with Gasteiger partial charge in [-0.3, -0.25) is 9.59 Å². The SMILES string of the molecule is CC(C)O[C@H]1CC[C@H](C(=O)N2Cc3cccnc3Nc3ccc(C4CCC(=O)C4)cc32)CC1. The fraction of sp³-hybridized carbons (Fsp3) is 0.519. The Balaban J connectivity index is 1.44. The average molecular weight is 448 g/mol. The fourth-order valence-electron chi connectivity index (χ4n) is 5.54. The molecule has 1 aromatic heterocycles. The summed E-state index contributed by atoms with van der Waals surface area (Å²) in [5, 5.41) is 3.45. The van der Waals surface area contributed by atoms with Gasteiger partial charge in [-0.25, -0.2) is 4.98 Å². The van der Waals surface area contributed by atoms with Gasteiger partial charge in [-0.15, -0.1) is 0 Å². The molecule has 1 amide bonds. The van der Waals surface area contributed by atoms with E-state index in [1.165, 1.54) is 0 Å². The number of ketones is 1. The zero-order chi connectivity index (χ0) is 22.9. The summed E-state index contributed by atoms with van der Waals surface area (Å²) in [4.78, 5) is 32.2. The van der Waals surface area contributed by atoms with Crippen molar-refractivity contribution in [1.82, 2.24) is 4.98 Å². The molecule has 1 atom stereocenters. The van der Waals surface area contributed by atoms with E-state index in [9.17, 15) is 9.59 Å². The second-order valence-electron chi connectivity index (χ2n) is 9.97. The molecule has 33 heavy (non-hydrogen) atoms. The predicted octanol–water partition coefficient (Wildman–Crippen LogP) is 5.49. The first kappa shape index (κ1) is 22.1. The van der Waals surface area contributed by atoms with Gasteiger partial charge in [0.2, 0.25) is 5.91 Å². The Kier molecular flexibility index (Phi) is 6.19. The van der Waals surface area contributed by atoms with E-state index in [0.29, 0.717) is 25.2 Å². The highest BCUT2D eigenvalue weighted by Crippen LogP contribution is 2.41. The van der Waals surface area contributed by atoms with Crippen molar-refractivity contribution in [3.05, 3.63) is 47.7 Å². The molecule has 6 nitrogen and oxygen atoms in total. The molecule has 6 heteroatoms. The van der Waals surface area contributed by atoms with Crippen LogP contribution >= 0.6 is 0 Å². The lowest BCUT2D eigenvalue weighted by Gasteiger charge is -2.33. The van der Waals surface area contributed by atoms with Gasteiger partial charge in [-0.2, -0.15) is 0 Å². The van der Waals surface area contributed by atoms with E-state index >= 15 is 0 Å². The highest BCUT2D eigenvalue weighted by atomic mass is 16.5. The van der Waals surface area contributed by atoms with Gasteiger partial charge in [0.15, 0.2) is 0 Å². The summed E-state index contributed by atoms with van der Waals surface area (Å²) in [6.45, 7) is 4.64. The third-order valence-electron chi connectivity index (χ3n) is 7.26. The Bertz CT molecular complexity index is 1040. The third kappa shape index (κ3) is 4.67. The van der Waals surface area contributed by atoms with Crippen LogP contribution in [0.25, 0.3) is 0 Å². The number of benzene rings is 1. The smallest absolute Gasteiger partial charge is 0.230 e. The van der Waals surface area contributed by atoms with Gasteiger partial charge >= 0.3 is 0 Å². The molecule has 0 spiro atoms. The van der Waals surface area contributed by atoms with Crippen molar-refractivity contribution in [2.45, 2.75) is 83.5 Å². The van der Waals surface area contributed by atoms with Crippen LogP contribution in [0.4, 0.5) is 17.2 Å². The summed E-state index contributed by atoms with van der Waals surface area (Å²) in [6, 6.07) is 10.2. The Labute approximate surface area is 195 Å². The maximum absolute atomic E-state index is 13.9. The molecule has 5 rings (SSSR count). The molecule has 2 heterocycles. The van der Waals surface area contributed by atoms with Crippen molar-refractivity contribution < 1.29 is 14.3 Å². The first-order valence-electron chi connectivity index (χ1n) is 12.3. The zero-order valence-electron chi connectivity index (χ0n) is 19.5. The van der Waals surface area contributed by atoms with E-state index in [2.05, 4.69) is 36.3 Å². The van der Waals surface area contributed by atoms with Crippen LogP contribution in [0.3, 0.4) is 0 Å². The number of carbonyl (C=O) groups excluding carboxylic acids is 2. The molecule has 2 aromatic rings. The Hall–Kier alpha value is -2.73. The average Bonchev–Trinajstić information content (AvgIpc) is 3.17. The lowest BCUT2D eigenvalue weighted by molar-refractivity contribution is -0.124. The third-order valence-corrected chi connectivity index (χ3v) is 7.26. The van der Waals surface area contributed by atoms with Crippen molar-refractivity contribution in [1.29, 1.82) is 0 Å². The van der Waals surface area contributed by atoms with Crippen LogP contribution in [0.2, 0.25) is 0 Å². The molecule has 1 N–H and O–H groups in total. The number of hydrogen-bond donors (Lipinski definition) is 1. The van der Waals surface area contributed by atoms with E-state index in [1.807, 2.05) is 23.1 Å². The highest BCUT2D eigenvalue weighted by Gasteiger charge is 2.34. The second kappa shape index (κ2) is 9.26. The molecule has 174 valence electrons. The van der Waals surface area contributed by atoms with Gasteiger partial charge in [-0.1, -0.05) is 12.1 Å². The van der Waals surface area contributed by atoms with Gasteiger partial charge in [0.1, 0.15) is 11.6 Å². The second-order valence-corrected chi connectivity index (χ2v) is 9.97. The number of fused-ring (bicyclic) bond motifs is 2. The summed E-state index contributed by atoms with van der Waals surface area (Å²) >= 11 is 0. The summed E-state index contributed by atoms with van der Waals surface area (Å²) in [5.74, 6) is 1.55. The number of aromatic nitrogens is 1. The number of rotatable bonds is 4. The first-order valence-corrected chi connectivity index (χ1v) is 12.3. The van der Waals surface area contributed by atoms with Gasteiger partial charge in [0, 0.05) is 30.5 Å².